The maximum Gasteiger partial charge on any atom is 0.143 e. The van der Waals surface area contributed by atoms with E-state index >= 15 is 0 Å². The van der Waals surface area contributed by atoms with Crippen LogP contribution in [0.2, 0.25) is 0 Å². The molecular formula is C53H37NO. The summed E-state index contributed by atoms with van der Waals surface area (Å²) in [6.45, 7) is 4.70. The van der Waals surface area contributed by atoms with E-state index in [1.54, 1.807) is 0 Å². The van der Waals surface area contributed by atoms with Gasteiger partial charge in [-0.2, -0.15) is 0 Å². The van der Waals surface area contributed by atoms with Crippen molar-refractivity contribution < 1.29 is 4.42 Å². The predicted octanol–water partition coefficient (Wildman–Crippen LogP) is 15.0. The Hall–Kier alpha value is -6.90. The minimum Gasteiger partial charge on any atom is -0.455 e. The molecule has 1 heterocycles. The van der Waals surface area contributed by atoms with E-state index in [1.165, 1.54) is 49.5 Å². The summed E-state index contributed by atoms with van der Waals surface area (Å²) >= 11 is 0. The SMILES string of the molecule is CC1(C)c2ccccc2-c2ccc(N(c3ccc(-c4ccc5oc6c7ccccc7c(-c7ccccc7)cc6c5c4)cc3)c3cccc4ccccc34)cc21. The number of rotatable bonds is 5. The van der Waals surface area contributed by atoms with Gasteiger partial charge in [-0.05, 0) is 104 Å². The summed E-state index contributed by atoms with van der Waals surface area (Å²) in [5.74, 6) is 0. The lowest BCUT2D eigenvalue weighted by Gasteiger charge is -2.29. The first kappa shape index (κ1) is 31.6. The Morgan fingerprint density at radius 2 is 1.07 bits per heavy atom. The molecule has 260 valence electrons. The number of hydrogen-bond acceptors (Lipinski definition) is 2. The Kier molecular flexibility index (Phi) is 6.93. The molecule has 0 unspecified atom stereocenters. The molecule has 1 aliphatic carbocycles. The van der Waals surface area contributed by atoms with E-state index in [0.29, 0.717) is 0 Å². The second-order valence-corrected chi connectivity index (χ2v) is 15.3. The first-order valence-electron chi connectivity index (χ1n) is 19.1. The van der Waals surface area contributed by atoms with Gasteiger partial charge in [-0.1, -0.05) is 153 Å². The van der Waals surface area contributed by atoms with Gasteiger partial charge in [0, 0.05) is 38.3 Å². The summed E-state index contributed by atoms with van der Waals surface area (Å²) in [6, 6.07) is 68.4. The summed E-state index contributed by atoms with van der Waals surface area (Å²) in [6.07, 6.45) is 0. The average molecular weight is 704 g/mol. The first-order valence-corrected chi connectivity index (χ1v) is 19.1. The number of nitrogens with zero attached hydrogens (tertiary/aromatic N) is 1. The molecule has 0 bridgehead atoms. The van der Waals surface area contributed by atoms with Crippen LogP contribution in [0.1, 0.15) is 25.0 Å². The molecule has 0 fully saturated rings. The van der Waals surface area contributed by atoms with E-state index in [0.717, 1.165) is 55.5 Å². The van der Waals surface area contributed by atoms with Crippen LogP contribution < -0.4 is 4.90 Å². The van der Waals surface area contributed by atoms with E-state index in [1.807, 2.05) is 0 Å². The molecule has 2 nitrogen and oxygen atoms in total. The highest BCUT2D eigenvalue weighted by molar-refractivity contribution is 6.19. The van der Waals surface area contributed by atoms with Crippen molar-refractivity contribution in [1.82, 2.24) is 0 Å². The molecule has 55 heavy (non-hydrogen) atoms. The zero-order chi connectivity index (χ0) is 36.7. The Labute approximate surface area is 320 Å². The molecule has 1 aromatic heterocycles. The molecule has 0 aliphatic heterocycles. The molecule has 0 atom stereocenters. The zero-order valence-electron chi connectivity index (χ0n) is 30.8. The fraction of sp³-hybridized carbons (Fsp3) is 0.0566. The van der Waals surface area contributed by atoms with Crippen LogP contribution in [0.25, 0.3) is 76.9 Å². The summed E-state index contributed by atoms with van der Waals surface area (Å²) in [5.41, 5.74) is 15.3. The van der Waals surface area contributed by atoms with Crippen molar-refractivity contribution in [2.45, 2.75) is 19.3 Å². The Bertz CT molecular complexity index is 3110. The topological polar surface area (TPSA) is 16.4 Å². The second kappa shape index (κ2) is 12.1. The van der Waals surface area contributed by atoms with Gasteiger partial charge in [-0.3, -0.25) is 0 Å². The fourth-order valence-corrected chi connectivity index (χ4v) is 9.10. The number of hydrogen-bond donors (Lipinski definition) is 0. The van der Waals surface area contributed by atoms with Gasteiger partial charge >= 0.3 is 0 Å². The molecule has 2 heteroatoms. The Balaban J connectivity index is 1.04. The molecule has 11 rings (SSSR count). The van der Waals surface area contributed by atoms with E-state index in [9.17, 15) is 0 Å². The highest BCUT2D eigenvalue weighted by Crippen LogP contribution is 2.51. The average Bonchev–Trinajstić information content (AvgIpc) is 3.72. The minimum atomic E-state index is -0.0970. The lowest BCUT2D eigenvalue weighted by molar-refractivity contribution is 0.660. The quantitative estimate of drug-likeness (QED) is 0.177. The van der Waals surface area contributed by atoms with Crippen LogP contribution in [0.3, 0.4) is 0 Å². The molecule has 0 amide bonds. The molecule has 10 aromatic rings. The third-order valence-electron chi connectivity index (χ3n) is 11.9. The van der Waals surface area contributed by atoms with Gasteiger partial charge in [0.2, 0.25) is 0 Å². The van der Waals surface area contributed by atoms with Crippen LogP contribution in [0.5, 0.6) is 0 Å². The van der Waals surface area contributed by atoms with Crippen molar-refractivity contribution in [3.63, 3.8) is 0 Å². The van der Waals surface area contributed by atoms with Crippen LogP contribution in [0.15, 0.2) is 192 Å². The number of benzene rings is 9. The van der Waals surface area contributed by atoms with Crippen LogP contribution in [0, 0.1) is 0 Å². The molecule has 1 aliphatic rings. The summed E-state index contributed by atoms with van der Waals surface area (Å²) in [5, 5.41) is 7.03. The Morgan fingerprint density at radius 3 is 1.93 bits per heavy atom. The van der Waals surface area contributed by atoms with Gasteiger partial charge in [0.05, 0.1) is 5.69 Å². The van der Waals surface area contributed by atoms with Gasteiger partial charge in [-0.15, -0.1) is 0 Å². The van der Waals surface area contributed by atoms with Crippen LogP contribution in [-0.4, -0.2) is 0 Å². The third-order valence-corrected chi connectivity index (χ3v) is 11.9. The van der Waals surface area contributed by atoms with Gasteiger partial charge in [0.15, 0.2) is 0 Å². The standard InChI is InChI=1S/C53H37NO/c1-53(2)48-21-11-10-19-42(48)43-29-28-39(32-49(43)53)54(50-22-12-16-35-15-6-7-17-40(35)50)38-26-23-34(24-27-38)37-25-30-51-46(31-37)47-33-45(36-13-4-3-5-14-36)41-18-8-9-20-44(41)52(47)55-51/h3-33H,1-2H3. The molecule has 0 saturated heterocycles. The molecule has 0 N–H and O–H groups in total. The van der Waals surface area contributed by atoms with E-state index in [-0.39, 0.29) is 5.41 Å². The van der Waals surface area contributed by atoms with Gasteiger partial charge < -0.3 is 9.32 Å². The zero-order valence-corrected chi connectivity index (χ0v) is 30.8. The molecule has 0 saturated carbocycles. The normalized spacial score (nSPS) is 13.1. The predicted molar refractivity (Wildman–Crippen MR) is 232 cm³/mol. The van der Waals surface area contributed by atoms with E-state index in [2.05, 4.69) is 207 Å². The first-order chi connectivity index (χ1) is 27.0. The van der Waals surface area contributed by atoms with Crippen LogP contribution >= 0.6 is 0 Å². The van der Waals surface area contributed by atoms with Crippen molar-refractivity contribution >= 4 is 60.5 Å². The second-order valence-electron chi connectivity index (χ2n) is 15.3. The smallest absolute Gasteiger partial charge is 0.143 e. The monoisotopic (exact) mass is 703 g/mol. The van der Waals surface area contributed by atoms with Crippen LogP contribution in [0.4, 0.5) is 17.1 Å². The molecule has 0 spiro atoms. The largest absolute Gasteiger partial charge is 0.455 e. The van der Waals surface area contributed by atoms with Crippen molar-refractivity contribution in [3.8, 4) is 33.4 Å². The van der Waals surface area contributed by atoms with Crippen molar-refractivity contribution in [2.75, 3.05) is 4.90 Å². The van der Waals surface area contributed by atoms with E-state index < -0.39 is 0 Å². The van der Waals surface area contributed by atoms with Crippen LogP contribution in [-0.2, 0) is 5.41 Å². The summed E-state index contributed by atoms with van der Waals surface area (Å²) in [4.78, 5) is 2.43. The van der Waals surface area contributed by atoms with E-state index in [4.69, 9.17) is 4.42 Å². The van der Waals surface area contributed by atoms with Crippen molar-refractivity contribution in [2.24, 2.45) is 0 Å². The third kappa shape index (κ3) is 4.88. The van der Waals surface area contributed by atoms with Gasteiger partial charge in [0.25, 0.3) is 0 Å². The number of fused-ring (bicyclic) bond motifs is 9. The van der Waals surface area contributed by atoms with Crippen molar-refractivity contribution in [1.29, 1.82) is 0 Å². The highest BCUT2D eigenvalue weighted by Gasteiger charge is 2.35. The maximum atomic E-state index is 6.59. The van der Waals surface area contributed by atoms with Gasteiger partial charge in [0.1, 0.15) is 11.2 Å². The molecule has 0 radical (unpaired) electrons. The lowest BCUT2D eigenvalue weighted by atomic mass is 9.82. The highest BCUT2D eigenvalue weighted by atomic mass is 16.3. The number of furan rings is 1. The lowest BCUT2D eigenvalue weighted by Crippen LogP contribution is -2.16. The van der Waals surface area contributed by atoms with Crippen molar-refractivity contribution in [3.05, 3.63) is 199 Å². The van der Waals surface area contributed by atoms with Gasteiger partial charge in [-0.25, -0.2) is 0 Å². The molecular weight excluding hydrogens is 667 g/mol. The Morgan fingerprint density at radius 1 is 0.400 bits per heavy atom. The minimum absolute atomic E-state index is 0.0970. The maximum absolute atomic E-state index is 6.59. The summed E-state index contributed by atoms with van der Waals surface area (Å²) < 4.78 is 6.59. The number of anilines is 3. The summed E-state index contributed by atoms with van der Waals surface area (Å²) in [7, 11) is 0. The molecule has 9 aromatic carbocycles. The fourth-order valence-electron chi connectivity index (χ4n) is 9.10.